The van der Waals surface area contributed by atoms with Gasteiger partial charge in [0.15, 0.2) is 0 Å². The van der Waals surface area contributed by atoms with E-state index in [0.29, 0.717) is 31.5 Å². The fraction of sp³-hybridized carbons (Fsp3) is 0.273. The molecule has 0 saturated carbocycles. The second-order valence-electron chi connectivity index (χ2n) is 7.37. The Morgan fingerprint density at radius 1 is 1.17 bits per heavy atom. The zero-order valence-electron chi connectivity index (χ0n) is 16.3. The number of nitrogens with zero attached hydrogens (tertiary/aromatic N) is 3. The Morgan fingerprint density at radius 3 is 2.83 bits per heavy atom. The third kappa shape index (κ3) is 4.51. The number of amides is 2. The molecule has 0 fully saturated rings. The number of carbonyl (C=O) groups excluding carboxylic acids is 2. The number of hydrogen-bond acceptors (Lipinski definition) is 4. The smallest absolute Gasteiger partial charge is 0.255 e. The van der Waals surface area contributed by atoms with Crippen LogP contribution < -0.4 is 10.6 Å². The van der Waals surface area contributed by atoms with Gasteiger partial charge in [0.2, 0.25) is 5.91 Å². The molecule has 1 unspecified atom stereocenters. The Morgan fingerprint density at radius 2 is 2.03 bits per heavy atom. The summed E-state index contributed by atoms with van der Waals surface area (Å²) in [4.78, 5) is 29.0. The van der Waals surface area contributed by atoms with Crippen molar-refractivity contribution in [2.45, 2.75) is 38.9 Å². The van der Waals surface area contributed by atoms with Crippen LogP contribution in [-0.2, 0) is 30.7 Å². The quantitative estimate of drug-likeness (QED) is 0.673. The first-order chi connectivity index (χ1) is 14.1. The van der Waals surface area contributed by atoms with E-state index in [4.69, 9.17) is 0 Å². The average molecular weight is 389 g/mol. The summed E-state index contributed by atoms with van der Waals surface area (Å²) in [5.41, 5.74) is 4.48. The standard InChI is InChI=1S/C22H23N5O2/c1-15-4-2-5-16(8-15)9-21(28)26-18-10-20-19(13-25-27(20)14-18)22(29)24-12-17-6-3-7-23-11-17/h2-8,11,13,18H,9-10,12,14H2,1H3,(H,24,29)(H,26,28). The molecule has 1 atom stereocenters. The lowest BCUT2D eigenvalue weighted by atomic mass is 10.1. The first-order valence-electron chi connectivity index (χ1n) is 9.65. The number of nitrogens with one attached hydrogen (secondary N) is 2. The van der Waals surface area contributed by atoms with Gasteiger partial charge in [-0.25, -0.2) is 0 Å². The van der Waals surface area contributed by atoms with E-state index in [9.17, 15) is 9.59 Å². The predicted molar refractivity (Wildman–Crippen MR) is 108 cm³/mol. The van der Waals surface area contributed by atoms with Gasteiger partial charge in [-0.15, -0.1) is 0 Å². The van der Waals surface area contributed by atoms with Crippen LogP contribution in [0.2, 0.25) is 0 Å². The SMILES string of the molecule is Cc1cccc(CC(=O)NC2Cc3c(C(=O)NCc4cccnc4)cnn3C2)c1. The lowest BCUT2D eigenvalue weighted by Crippen LogP contribution is -2.37. The third-order valence-electron chi connectivity index (χ3n) is 5.01. The normalized spacial score (nSPS) is 15.0. The van der Waals surface area contributed by atoms with E-state index >= 15 is 0 Å². The molecule has 1 aromatic carbocycles. The lowest BCUT2D eigenvalue weighted by molar-refractivity contribution is -0.121. The topological polar surface area (TPSA) is 88.9 Å². The number of aryl methyl sites for hydroxylation is 1. The molecule has 29 heavy (non-hydrogen) atoms. The van der Waals surface area contributed by atoms with E-state index < -0.39 is 0 Å². The Hall–Kier alpha value is -3.48. The first kappa shape index (κ1) is 18.9. The molecule has 7 nitrogen and oxygen atoms in total. The van der Waals surface area contributed by atoms with E-state index in [-0.39, 0.29) is 17.9 Å². The minimum Gasteiger partial charge on any atom is -0.351 e. The van der Waals surface area contributed by atoms with Gasteiger partial charge in [0.25, 0.3) is 5.91 Å². The van der Waals surface area contributed by atoms with Gasteiger partial charge in [0.1, 0.15) is 0 Å². The van der Waals surface area contributed by atoms with Crippen molar-refractivity contribution in [2.75, 3.05) is 0 Å². The summed E-state index contributed by atoms with van der Waals surface area (Å²) in [7, 11) is 0. The Labute approximate surface area is 169 Å². The molecule has 148 valence electrons. The highest BCUT2D eigenvalue weighted by Gasteiger charge is 2.28. The van der Waals surface area contributed by atoms with Crippen LogP contribution in [0.5, 0.6) is 0 Å². The van der Waals surface area contributed by atoms with Gasteiger partial charge in [-0.2, -0.15) is 5.10 Å². The van der Waals surface area contributed by atoms with Crippen molar-refractivity contribution in [3.8, 4) is 0 Å². The molecular weight excluding hydrogens is 366 g/mol. The van der Waals surface area contributed by atoms with Crippen LogP contribution in [0, 0.1) is 6.92 Å². The maximum absolute atomic E-state index is 12.6. The number of fused-ring (bicyclic) bond motifs is 1. The van der Waals surface area contributed by atoms with E-state index in [1.54, 1.807) is 23.3 Å². The number of pyridine rings is 1. The van der Waals surface area contributed by atoms with Gasteiger partial charge in [0, 0.05) is 25.4 Å². The second-order valence-corrected chi connectivity index (χ2v) is 7.37. The van der Waals surface area contributed by atoms with Crippen LogP contribution in [0.15, 0.2) is 55.0 Å². The number of benzene rings is 1. The van der Waals surface area contributed by atoms with Crippen LogP contribution in [0.1, 0.15) is 32.7 Å². The summed E-state index contributed by atoms with van der Waals surface area (Å²) in [6.45, 7) is 3.00. The largest absolute Gasteiger partial charge is 0.351 e. The molecule has 0 saturated heterocycles. The number of rotatable bonds is 6. The van der Waals surface area contributed by atoms with Crippen molar-refractivity contribution >= 4 is 11.8 Å². The van der Waals surface area contributed by atoms with Gasteiger partial charge in [-0.3, -0.25) is 19.3 Å². The van der Waals surface area contributed by atoms with Crippen molar-refractivity contribution < 1.29 is 9.59 Å². The Kier molecular flexibility index (Phi) is 5.37. The highest BCUT2D eigenvalue weighted by atomic mass is 16.2. The molecule has 0 spiro atoms. The van der Waals surface area contributed by atoms with Gasteiger partial charge in [0.05, 0.1) is 36.5 Å². The van der Waals surface area contributed by atoms with E-state index in [1.165, 1.54) is 0 Å². The number of aromatic nitrogens is 3. The summed E-state index contributed by atoms with van der Waals surface area (Å²) in [6.07, 6.45) is 5.96. The highest BCUT2D eigenvalue weighted by Crippen LogP contribution is 2.19. The zero-order valence-corrected chi connectivity index (χ0v) is 16.3. The molecule has 0 aliphatic carbocycles. The summed E-state index contributed by atoms with van der Waals surface area (Å²) in [6, 6.07) is 11.6. The van der Waals surface area contributed by atoms with Gasteiger partial charge < -0.3 is 10.6 Å². The molecule has 2 amide bonds. The van der Waals surface area contributed by atoms with Crippen LogP contribution >= 0.6 is 0 Å². The molecule has 4 rings (SSSR count). The second kappa shape index (κ2) is 8.26. The van der Waals surface area contributed by atoms with Crippen LogP contribution in [0.4, 0.5) is 0 Å². The van der Waals surface area contributed by atoms with Crippen molar-refractivity contribution in [2.24, 2.45) is 0 Å². The summed E-state index contributed by atoms with van der Waals surface area (Å²) in [5, 5.41) is 10.3. The van der Waals surface area contributed by atoms with Gasteiger partial charge >= 0.3 is 0 Å². The first-order valence-corrected chi connectivity index (χ1v) is 9.65. The summed E-state index contributed by atoms with van der Waals surface area (Å²) < 4.78 is 1.80. The molecule has 2 N–H and O–H groups in total. The molecule has 2 aromatic heterocycles. The maximum atomic E-state index is 12.6. The van der Waals surface area contributed by atoms with E-state index in [1.807, 2.05) is 43.3 Å². The summed E-state index contributed by atoms with van der Waals surface area (Å²) in [5.74, 6) is -0.184. The van der Waals surface area contributed by atoms with Crippen molar-refractivity contribution in [3.05, 3.63) is 82.9 Å². The average Bonchev–Trinajstić information content (AvgIpc) is 3.27. The third-order valence-corrected chi connectivity index (χ3v) is 5.01. The van der Waals surface area contributed by atoms with Gasteiger partial charge in [-0.1, -0.05) is 35.9 Å². The van der Waals surface area contributed by atoms with Crippen molar-refractivity contribution in [1.29, 1.82) is 0 Å². The van der Waals surface area contributed by atoms with Crippen LogP contribution in [0.3, 0.4) is 0 Å². The molecule has 1 aliphatic heterocycles. The van der Waals surface area contributed by atoms with Crippen molar-refractivity contribution in [1.82, 2.24) is 25.4 Å². The predicted octanol–water partition coefficient (Wildman–Crippen LogP) is 1.80. The fourth-order valence-corrected chi connectivity index (χ4v) is 3.64. The molecule has 0 radical (unpaired) electrons. The van der Waals surface area contributed by atoms with Gasteiger partial charge in [-0.05, 0) is 24.1 Å². The van der Waals surface area contributed by atoms with E-state index in [2.05, 4.69) is 20.7 Å². The highest BCUT2D eigenvalue weighted by molar-refractivity contribution is 5.95. The monoisotopic (exact) mass is 389 g/mol. The molecular formula is C22H23N5O2. The molecule has 1 aliphatic rings. The maximum Gasteiger partial charge on any atom is 0.255 e. The fourth-order valence-electron chi connectivity index (χ4n) is 3.64. The molecule has 3 heterocycles. The molecule has 0 bridgehead atoms. The van der Waals surface area contributed by atoms with Crippen LogP contribution in [0.25, 0.3) is 0 Å². The number of carbonyl (C=O) groups is 2. The Balaban J connectivity index is 1.33. The van der Waals surface area contributed by atoms with Crippen LogP contribution in [-0.4, -0.2) is 32.6 Å². The van der Waals surface area contributed by atoms with E-state index in [0.717, 1.165) is 22.4 Å². The van der Waals surface area contributed by atoms with Crippen molar-refractivity contribution in [3.63, 3.8) is 0 Å². The minimum atomic E-state index is -0.165. The zero-order chi connectivity index (χ0) is 20.2. The molecule has 7 heteroatoms. The summed E-state index contributed by atoms with van der Waals surface area (Å²) >= 11 is 0. The lowest BCUT2D eigenvalue weighted by Gasteiger charge is -2.12. The Bertz CT molecular complexity index is 1030. The molecule has 3 aromatic rings. The minimum absolute atomic E-state index is 0.0195. The number of hydrogen-bond donors (Lipinski definition) is 2.